The van der Waals surface area contributed by atoms with Gasteiger partial charge in [0.1, 0.15) is 17.9 Å². The molecule has 11 heteroatoms. The number of aryl methyl sites for hydroxylation is 1. The molecule has 0 unspecified atom stereocenters. The van der Waals surface area contributed by atoms with Gasteiger partial charge < -0.3 is 9.88 Å². The molecule has 0 aliphatic heterocycles. The van der Waals surface area contributed by atoms with Crippen molar-refractivity contribution in [2.45, 2.75) is 32.5 Å². The van der Waals surface area contributed by atoms with Gasteiger partial charge in [0.15, 0.2) is 5.65 Å². The summed E-state index contributed by atoms with van der Waals surface area (Å²) in [7, 11) is 1.77. The first-order valence-corrected chi connectivity index (χ1v) is 9.74. The van der Waals surface area contributed by atoms with Crippen LogP contribution in [0.5, 0.6) is 0 Å². The van der Waals surface area contributed by atoms with Crippen molar-refractivity contribution in [1.29, 1.82) is 0 Å². The Hall–Kier alpha value is -3.76. The number of pyridine rings is 1. The molecule has 1 N–H and O–H groups in total. The standard InChI is InChI=1S/C21H19F3N6O2/c1-11(2)18-14-8-12(21(22,23)24)4-5-13(14)20(32)30(28-18)9-17(31)26-16-7-6-15-19(27-16)29(3)10-25-15/h4-8,10-11H,9H2,1-3H3,(H,26,27,31). The molecule has 0 atom stereocenters. The van der Waals surface area contributed by atoms with Crippen LogP contribution < -0.4 is 10.9 Å². The minimum atomic E-state index is -4.54. The molecular formula is C21H19F3N6O2. The number of fused-ring (bicyclic) bond motifs is 2. The lowest BCUT2D eigenvalue weighted by atomic mass is 10.0. The van der Waals surface area contributed by atoms with Gasteiger partial charge in [-0.15, -0.1) is 0 Å². The van der Waals surface area contributed by atoms with Crippen LogP contribution in [0.1, 0.15) is 31.0 Å². The van der Waals surface area contributed by atoms with Crippen LogP contribution in [-0.2, 0) is 24.6 Å². The molecule has 0 aliphatic carbocycles. The number of halogens is 3. The summed E-state index contributed by atoms with van der Waals surface area (Å²) in [5.74, 6) is -0.543. The number of alkyl halides is 3. The number of amides is 1. The molecule has 4 rings (SSSR count). The fourth-order valence-electron chi connectivity index (χ4n) is 3.41. The summed E-state index contributed by atoms with van der Waals surface area (Å²) in [5, 5.41) is 7.01. The van der Waals surface area contributed by atoms with Crippen molar-refractivity contribution in [3.05, 3.63) is 58.3 Å². The van der Waals surface area contributed by atoms with Gasteiger partial charge >= 0.3 is 6.18 Å². The number of carbonyl (C=O) groups excluding carboxylic acids is 1. The van der Waals surface area contributed by atoms with Crippen molar-refractivity contribution >= 4 is 33.7 Å². The van der Waals surface area contributed by atoms with Crippen LogP contribution in [0.4, 0.5) is 19.0 Å². The summed E-state index contributed by atoms with van der Waals surface area (Å²) >= 11 is 0. The number of anilines is 1. The van der Waals surface area contributed by atoms with Crippen molar-refractivity contribution in [1.82, 2.24) is 24.3 Å². The van der Waals surface area contributed by atoms with Gasteiger partial charge in [-0.3, -0.25) is 9.59 Å². The normalized spacial score (nSPS) is 12.1. The van der Waals surface area contributed by atoms with Crippen molar-refractivity contribution < 1.29 is 18.0 Å². The molecule has 0 saturated carbocycles. The van der Waals surface area contributed by atoms with Crippen LogP contribution in [0.2, 0.25) is 0 Å². The lowest BCUT2D eigenvalue weighted by Crippen LogP contribution is -2.31. The third-order valence-electron chi connectivity index (χ3n) is 4.98. The lowest BCUT2D eigenvalue weighted by Gasteiger charge is -2.15. The van der Waals surface area contributed by atoms with E-state index in [1.165, 1.54) is 0 Å². The van der Waals surface area contributed by atoms with E-state index in [0.29, 0.717) is 16.9 Å². The average Bonchev–Trinajstić information content (AvgIpc) is 3.09. The molecule has 0 aliphatic rings. The van der Waals surface area contributed by atoms with E-state index in [4.69, 9.17) is 0 Å². The lowest BCUT2D eigenvalue weighted by molar-refractivity contribution is -0.137. The smallest absolute Gasteiger partial charge is 0.318 e. The summed E-state index contributed by atoms with van der Waals surface area (Å²) in [4.78, 5) is 33.9. The Balaban J connectivity index is 1.68. The molecule has 166 valence electrons. The van der Waals surface area contributed by atoms with E-state index in [1.54, 1.807) is 43.9 Å². The fraction of sp³-hybridized carbons (Fsp3) is 0.286. The van der Waals surface area contributed by atoms with Gasteiger partial charge in [-0.05, 0) is 36.2 Å². The molecule has 0 radical (unpaired) electrons. The molecule has 32 heavy (non-hydrogen) atoms. The maximum Gasteiger partial charge on any atom is 0.416 e. The Labute approximate surface area is 179 Å². The molecule has 8 nitrogen and oxygen atoms in total. The first-order valence-electron chi connectivity index (χ1n) is 9.74. The second-order valence-electron chi connectivity index (χ2n) is 7.70. The number of hydrogen-bond acceptors (Lipinski definition) is 5. The van der Waals surface area contributed by atoms with Gasteiger partial charge in [0, 0.05) is 12.4 Å². The van der Waals surface area contributed by atoms with Crippen LogP contribution in [0.25, 0.3) is 21.9 Å². The molecular weight excluding hydrogens is 425 g/mol. The number of rotatable bonds is 4. The molecule has 3 heterocycles. The number of aromatic nitrogens is 5. The Kier molecular flexibility index (Phi) is 5.19. The number of nitrogens with zero attached hydrogens (tertiary/aromatic N) is 5. The second-order valence-corrected chi connectivity index (χ2v) is 7.70. The minimum Gasteiger partial charge on any atom is -0.318 e. The van der Waals surface area contributed by atoms with E-state index < -0.39 is 29.8 Å². The highest BCUT2D eigenvalue weighted by molar-refractivity contribution is 5.91. The molecule has 3 aromatic heterocycles. The summed E-state index contributed by atoms with van der Waals surface area (Å²) < 4.78 is 42.1. The number of nitrogens with one attached hydrogen (secondary N) is 1. The number of carbonyl (C=O) groups is 1. The Morgan fingerprint density at radius 2 is 1.91 bits per heavy atom. The minimum absolute atomic E-state index is 0.0685. The first kappa shape index (κ1) is 21.5. The molecule has 0 fully saturated rings. The van der Waals surface area contributed by atoms with E-state index in [-0.39, 0.29) is 22.5 Å². The quantitative estimate of drug-likeness (QED) is 0.520. The number of hydrogen-bond donors (Lipinski definition) is 1. The van der Waals surface area contributed by atoms with Gasteiger partial charge in [-0.2, -0.15) is 18.3 Å². The molecule has 1 amide bonds. The Bertz CT molecular complexity index is 1400. The molecule has 0 saturated heterocycles. The van der Waals surface area contributed by atoms with Crippen molar-refractivity contribution in [2.75, 3.05) is 5.32 Å². The number of imidazole rings is 1. The highest BCUT2D eigenvalue weighted by atomic mass is 19.4. The zero-order valence-electron chi connectivity index (χ0n) is 17.4. The predicted octanol–water partition coefficient (Wildman–Crippen LogP) is 3.46. The Morgan fingerprint density at radius 3 is 2.59 bits per heavy atom. The van der Waals surface area contributed by atoms with Crippen molar-refractivity contribution in [2.24, 2.45) is 7.05 Å². The van der Waals surface area contributed by atoms with Gasteiger partial charge in [0.05, 0.1) is 23.0 Å². The van der Waals surface area contributed by atoms with Gasteiger partial charge in [0.25, 0.3) is 5.56 Å². The third kappa shape index (κ3) is 3.93. The monoisotopic (exact) mass is 444 g/mol. The van der Waals surface area contributed by atoms with Gasteiger partial charge in [-0.25, -0.2) is 14.6 Å². The summed E-state index contributed by atoms with van der Waals surface area (Å²) in [6.45, 7) is 3.09. The second kappa shape index (κ2) is 7.74. The summed E-state index contributed by atoms with van der Waals surface area (Å²) in [6, 6.07) is 6.19. The van der Waals surface area contributed by atoms with Crippen LogP contribution >= 0.6 is 0 Å². The molecule has 4 aromatic rings. The van der Waals surface area contributed by atoms with E-state index in [0.717, 1.165) is 22.9 Å². The first-order chi connectivity index (χ1) is 15.0. The maximum absolute atomic E-state index is 13.1. The fourth-order valence-corrected chi connectivity index (χ4v) is 3.41. The van der Waals surface area contributed by atoms with Crippen LogP contribution in [0, 0.1) is 0 Å². The van der Waals surface area contributed by atoms with Crippen LogP contribution in [0.3, 0.4) is 0 Å². The molecule has 1 aromatic carbocycles. The average molecular weight is 444 g/mol. The van der Waals surface area contributed by atoms with Gasteiger partial charge in [-0.1, -0.05) is 13.8 Å². The van der Waals surface area contributed by atoms with E-state index >= 15 is 0 Å². The third-order valence-corrected chi connectivity index (χ3v) is 4.98. The van der Waals surface area contributed by atoms with Crippen molar-refractivity contribution in [3.8, 4) is 0 Å². The summed E-state index contributed by atoms with van der Waals surface area (Å²) in [5.41, 5.74) is 0.0283. The molecule has 0 bridgehead atoms. The van der Waals surface area contributed by atoms with Crippen LogP contribution in [0.15, 0.2) is 41.5 Å². The number of benzene rings is 1. The maximum atomic E-state index is 13.1. The largest absolute Gasteiger partial charge is 0.416 e. The van der Waals surface area contributed by atoms with E-state index in [9.17, 15) is 22.8 Å². The van der Waals surface area contributed by atoms with Crippen LogP contribution in [-0.4, -0.2) is 30.2 Å². The topological polar surface area (TPSA) is 94.7 Å². The van der Waals surface area contributed by atoms with Crippen molar-refractivity contribution in [3.63, 3.8) is 0 Å². The zero-order valence-corrected chi connectivity index (χ0v) is 17.4. The van der Waals surface area contributed by atoms with Gasteiger partial charge in [0.2, 0.25) is 5.91 Å². The van der Waals surface area contributed by atoms with E-state index in [1.807, 2.05) is 0 Å². The predicted molar refractivity (Wildman–Crippen MR) is 112 cm³/mol. The van der Waals surface area contributed by atoms with E-state index in [2.05, 4.69) is 20.4 Å². The highest BCUT2D eigenvalue weighted by Gasteiger charge is 2.31. The highest BCUT2D eigenvalue weighted by Crippen LogP contribution is 2.32. The summed E-state index contributed by atoms with van der Waals surface area (Å²) in [6.07, 6.45) is -2.95. The molecule has 0 spiro atoms. The SMILES string of the molecule is CC(C)c1nn(CC(=O)Nc2ccc3ncn(C)c3n2)c(=O)c2ccc(C(F)(F)F)cc12. The zero-order chi connectivity index (χ0) is 23.2. The Morgan fingerprint density at radius 1 is 1.16 bits per heavy atom.